The van der Waals surface area contributed by atoms with Gasteiger partial charge in [-0.25, -0.2) is 4.39 Å². The minimum atomic E-state index is -0.949. The fourth-order valence-corrected chi connectivity index (χ4v) is 5.12. The third-order valence-corrected chi connectivity index (χ3v) is 6.76. The molecule has 1 saturated carbocycles. The summed E-state index contributed by atoms with van der Waals surface area (Å²) >= 11 is 1.77. The summed E-state index contributed by atoms with van der Waals surface area (Å²) in [4.78, 5) is 1.99. The Kier molecular flexibility index (Phi) is 5.97. The van der Waals surface area contributed by atoms with Crippen LogP contribution in [0.25, 0.3) is 10.1 Å². The SMILES string of the molecule is COCC(O)CN1CCC(Nc2cccc3c(CC4CC4)csc23)C(F)C1. The number of likely N-dealkylation sites (tertiary alicyclic amines) is 1. The molecule has 1 aromatic carbocycles. The molecule has 1 aliphatic carbocycles. The number of methoxy groups -OCH3 is 1. The number of hydrogen-bond donors (Lipinski definition) is 2. The standard InChI is InChI=1S/C21H29FN2O2S/c1-26-12-16(25)10-24-8-7-19(18(22)11-24)23-20-4-2-3-17-15(9-14-5-6-14)13-27-21(17)20/h2-4,13-14,16,18-19,23,25H,5-12H2,1H3. The molecule has 27 heavy (non-hydrogen) atoms. The van der Waals surface area contributed by atoms with Gasteiger partial charge in [-0.2, -0.15) is 0 Å². The molecule has 148 valence electrons. The molecule has 4 rings (SSSR count). The normalized spacial score (nSPS) is 25.0. The molecule has 1 saturated heterocycles. The molecule has 2 aromatic rings. The molecule has 2 aliphatic rings. The Labute approximate surface area is 164 Å². The highest BCUT2D eigenvalue weighted by molar-refractivity contribution is 7.18. The first-order valence-electron chi connectivity index (χ1n) is 9.93. The lowest BCUT2D eigenvalue weighted by molar-refractivity contribution is 0.0215. The maximum Gasteiger partial charge on any atom is 0.133 e. The number of nitrogens with zero attached hydrogens (tertiary/aromatic N) is 1. The van der Waals surface area contributed by atoms with Gasteiger partial charge >= 0.3 is 0 Å². The quantitative estimate of drug-likeness (QED) is 0.719. The van der Waals surface area contributed by atoms with Gasteiger partial charge in [0.15, 0.2) is 0 Å². The average Bonchev–Trinajstić information content (AvgIpc) is 3.36. The third-order valence-electron chi connectivity index (χ3n) is 5.68. The van der Waals surface area contributed by atoms with E-state index in [0.29, 0.717) is 19.7 Å². The molecule has 3 unspecified atom stereocenters. The number of thiophene rings is 1. The Morgan fingerprint density at radius 1 is 1.37 bits per heavy atom. The number of ether oxygens (including phenoxy) is 1. The molecule has 1 aromatic heterocycles. The maximum absolute atomic E-state index is 14.8. The molecular formula is C21H29FN2O2S. The first-order chi connectivity index (χ1) is 13.1. The van der Waals surface area contributed by atoms with Crippen LogP contribution >= 0.6 is 11.3 Å². The van der Waals surface area contributed by atoms with Crippen LogP contribution in [0.5, 0.6) is 0 Å². The van der Waals surface area contributed by atoms with E-state index in [1.807, 2.05) is 4.90 Å². The van der Waals surface area contributed by atoms with Crippen LogP contribution in [0, 0.1) is 5.92 Å². The van der Waals surface area contributed by atoms with Gasteiger partial charge in [-0.1, -0.05) is 12.1 Å². The van der Waals surface area contributed by atoms with E-state index in [0.717, 1.165) is 24.6 Å². The first-order valence-corrected chi connectivity index (χ1v) is 10.8. The number of aliphatic hydroxyl groups excluding tert-OH is 1. The maximum atomic E-state index is 14.8. The zero-order valence-electron chi connectivity index (χ0n) is 15.9. The molecule has 0 amide bonds. The first kappa shape index (κ1) is 19.1. The number of nitrogens with one attached hydrogen (secondary N) is 1. The number of fused-ring (bicyclic) bond motifs is 1. The number of anilines is 1. The zero-order valence-corrected chi connectivity index (χ0v) is 16.7. The Hall–Kier alpha value is -1.21. The molecule has 0 spiro atoms. The fourth-order valence-electron chi connectivity index (χ4n) is 4.05. The number of rotatable bonds is 8. The number of benzene rings is 1. The van der Waals surface area contributed by atoms with Crippen molar-refractivity contribution >= 4 is 27.1 Å². The summed E-state index contributed by atoms with van der Waals surface area (Å²) in [5.41, 5.74) is 2.50. The van der Waals surface area contributed by atoms with Crippen molar-refractivity contribution in [1.29, 1.82) is 0 Å². The zero-order chi connectivity index (χ0) is 18.8. The van der Waals surface area contributed by atoms with Crippen LogP contribution in [-0.4, -0.2) is 61.7 Å². The topological polar surface area (TPSA) is 44.7 Å². The van der Waals surface area contributed by atoms with Crippen LogP contribution in [0.3, 0.4) is 0 Å². The molecule has 0 radical (unpaired) electrons. The van der Waals surface area contributed by atoms with Crippen LogP contribution in [0.15, 0.2) is 23.6 Å². The minimum Gasteiger partial charge on any atom is -0.389 e. The predicted octanol–water partition coefficient (Wildman–Crippen LogP) is 3.69. The highest BCUT2D eigenvalue weighted by Gasteiger charge is 2.30. The van der Waals surface area contributed by atoms with Crippen LogP contribution < -0.4 is 5.32 Å². The summed E-state index contributed by atoms with van der Waals surface area (Å²) in [6.45, 7) is 1.89. The van der Waals surface area contributed by atoms with Gasteiger partial charge in [0.2, 0.25) is 0 Å². The van der Waals surface area contributed by atoms with Crippen LogP contribution in [0.4, 0.5) is 10.1 Å². The lowest BCUT2D eigenvalue weighted by atomic mass is 10.0. The highest BCUT2D eigenvalue weighted by Crippen LogP contribution is 2.39. The van der Waals surface area contributed by atoms with E-state index in [9.17, 15) is 9.50 Å². The summed E-state index contributed by atoms with van der Waals surface area (Å²) in [6.07, 6.45) is 3.12. The second-order valence-corrected chi connectivity index (χ2v) is 8.89. The van der Waals surface area contributed by atoms with E-state index in [2.05, 4.69) is 28.9 Å². The number of β-amino-alcohol motifs (C(OH)–C–C–N with tert-alkyl or cyclic N) is 1. The molecule has 3 atom stereocenters. The van der Waals surface area contributed by atoms with Gasteiger partial charge < -0.3 is 15.2 Å². The third kappa shape index (κ3) is 4.62. The van der Waals surface area contributed by atoms with E-state index >= 15 is 0 Å². The van der Waals surface area contributed by atoms with Crippen molar-refractivity contribution in [3.63, 3.8) is 0 Å². The summed E-state index contributed by atoms with van der Waals surface area (Å²) in [5.74, 6) is 0.868. The molecule has 2 N–H and O–H groups in total. The van der Waals surface area contributed by atoms with Gasteiger partial charge in [0.05, 0.1) is 29.1 Å². The molecule has 2 heterocycles. The lowest BCUT2D eigenvalue weighted by Gasteiger charge is -2.36. The molecule has 2 fully saturated rings. The van der Waals surface area contributed by atoms with Crippen LogP contribution in [0.1, 0.15) is 24.8 Å². The predicted molar refractivity (Wildman–Crippen MR) is 109 cm³/mol. The van der Waals surface area contributed by atoms with E-state index < -0.39 is 12.3 Å². The lowest BCUT2D eigenvalue weighted by Crippen LogP contribution is -2.50. The largest absolute Gasteiger partial charge is 0.389 e. The average molecular weight is 393 g/mol. The van der Waals surface area contributed by atoms with Crippen molar-refractivity contribution in [3.8, 4) is 0 Å². The Balaban J connectivity index is 1.40. The van der Waals surface area contributed by atoms with Gasteiger partial charge in [0, 0.05) is 26.7 Å². The fraction of sp³-hybridized carbons (Fsp3) is 0.619. The van der Waals surface area contributed by atoms with Crippen LogP contribution in [-0.2, 0) is 11.2 Å². The Morgan fingerprint density at radius 2 is 2.22 bits per heavy atom. The van der Waals surface area contributed by atoms with Gasteiger partial charge in [-0.05, 0) is 54.0 Å². The number of alkyl halides is 1. The number of piperidine rings is 1. The molecule has 1 aliphatic heterocycles. The Bertz CT molecular complexity index is 764. The van der Waals surface area contributed by atoms with Crippen molar-refractivity contribution < 1.29 is 14.2 Å². The molecule has 6 heteroatoms. The smallest absolute Gasteiger partial charge is 0.133 e. The summed E-state index contributed by atoms with van der Waals surface area (Å²) in [6, 6.07) is 6.17. The summed E-state index contributed by atoms with van der Waals surface area (Å²) in [5, 5.41) is 17.0. The minimum absolute atomic E-state index is 0.180. The second kappa shape index (κ2) is 8.43. The van der Waals surface area contributed by atoms with Crippen LogP contribution in [0.2, 0.25) is 0 Å². The van der Waals surface area contributed by atoms with E-state index in [1.165, 1.54) is 34.9 Å². The highest BCUT2D eigenvalue weighted by atomic mass is 32.1. The number of aliphatic hydroxyl groups is 1. The van der Waals surface area contributed by atoms with Gasteiger partial charge in [-0.15, -0.1) is 11.3 Å². The summed E-state index contributed by atoms with van der Waals surface area (Å²) in [7, 11) is 1.57. The van der Waals surface area contributed by atoms with Crippen molar-refractivity contribution in [1.82, 2.24) is 4.90 Å². The Morgan fingerprint density at radius 3 is 2.96 bits per heavy atom. The second-order valence-electron chi connectivity index (χ2n) is 8.01. The monoisotopic (exact) mass is 392 g/mol. The molecular weight excluding hydrogens is 363 g/mol. The van der Waals surface area contributed by atoms with Gasteiger partial charge in [0.1, 0.15) is 6.17 Å². The van der Waals surface area contributed by atoms with E-state index in [1.54, 1.807) is 18.4 Å². The van der Waals surface area contributed by atoms with Crippen molar-refractivity contribution in [2.45, 2.75) is 44.0 Å². The van der Waals surface area contributed by atoms with Gasteiger partial charge in [-0.3, -0.25) is 4.90 Å². The molecule has 0 bridgehead atoms. The van der Waals surface area contributed by atoms with Gasteiger partial charge in [0.25, 0.3) is 0 Å². The van der Waals surface area contributed by atoms with E-state index in [4.69, 9.17) is 4.74 Å². The van der Waals surface area contributed by atoms with Crippen molar-refractivity contribution in [3.05, 3.63) is 29.1 Å². The van der Waals surface area contributed by atoms with Crippen molar-refractivity contribution in [2.75, 3.05) is 38.7 Å². The number of hydrogen-bond acceptors (Lipinski definition) is 5. The molecule has 4 nitrogen and oxygen atoms in total. The number of halogens is 1. The van der Waals surface area contributed by atoms with Crippen molar-refractivity contribution in [2.24, 2.45) is 5.92 Å². The summed E-state index contributed by atoms with van der Waals surface area (Å²) < 4.78 is 21.0. The van der Waals surface area contributed by atoms with E-state index in [-0.39, 0.29) is 6.04 Å².